The summed E-state index contributed by atoms with van der Waals surface area (Å²) in [6.45, 7) is 6.61. The number of rotatable bonds is 4. The summed E-state index contributed by atoms with van der Waals surface area (Å²) >= 11 is 6.09. The van der Waals surface area contributed by atoms with Crippen molar-refractivity contribution in [1.82, 2.24) is 10.3 Å². The van der Waals surface area contributed by atoms with E-state index in [9.17, 15) is 4.79 Å². The number of hydrogen-bond acceptors (Lipinski definition) is 4. The molecule has 162 valence electrons. The van der Waals surface area contributed by atoms with E-state index >= 15 is 0 Å². The van der Waals surface area contributed by atoms with E-state index in [0.29, 0.717) is 5.02 Å². The van der Waals surface area contributed by atoms with Gasteiger partial charge in [0, 0.05) is 27.6 Å². The first-order valence-electron chi connectivity index (χ1n) is 10.9. The van der Waals surface area contributed by atoms with Gasteiger partial charge in [-0.15, -0.1) is 0 Å². The number of ether oxygens (including phenoxy) is 1. The van der Waals surface area contributed by atoms with E-state index in [1.54, 1.807) is 0 Å². The lowest BCUT2D eigenvalue weighted by molar-refractivity contribution is -0.161. The summed E-state index contributed by atoms with van der Waals surface area (Å²) in [5, 5.41) is 5.29. The molecule has 1 aromatic heterocycles. The van der Waals surface area contributed by atoms with Gasteiger partial charge in [-0.05, 0) is 64.4 Å². The third-order valence-corrected chi connectivity index (χ3v) is 6.01. The van der Waals surface area contributed by atoms with E-state index in [4.69, 9.17) is 21.3 Å². The zero-order valence-corrected chi connectivity index (χ0v) is 19.1. The van der Waals surface area contributed by atoms with Gasteiger partial charge < -0.3 is 10.1 Å². The minimum absolute atomic E-state index is 0.0731. The first-order valence-corrected chi connectivity index (χ1v) is 11.3. The molecule has 1 saturated heterocycles. The Bertz CT molecular complexity index is 1070. The van der Waals surface area contributed by atoms with Crippen molar-refractivity contribution in [3.05, 3.63) is 65.2 Å². The highest BCUT2D eigenvalue weighted by atomic mass is 35.5. The van der Waals surface area contributed by atoms with E-state index < -0.39 is 5.41 Å². The molecule has 0 aliphatic carbocycles. The van der Waals surface area contributed by atoms with Gasteiger partial charge in [0.2, 0.25) is 0 Å². The summed E-state index contributed by atoms with van der Waals surface area (Å²) in [5.74, 6) is -0.196. The molecule has 31 heavy (non-hydrogen) atoms. The second-order valence-electron chi connectivity index (χ2n) is 9.25. The molecule has 0 spiro atoms. The molecule has 0 bridgehead atoms. The number of carbonyl (C=O) groups excluding carboxylic acids is 1. The van der Waals surface area contributed by atoms with Crippen molar-refractivity contribution in [2.24, 2.45) is 5.41 Å². The second kappa shape index (κ2) is 8.97. The zero-order chi connectivity index (χ0) is 22.0. The molecule has 0 amide bonds. The number of pyridine rings is 1. The van der Waals surface area contributed by atoms with Crippen molar-refractivity contribution in [1.29, 1.82) is 0 Å². The number of nitrogens with zero attached hydrogens (tertiary/aromatic N) is 1. The fourth-order valence-corrected chi connectivity index (χ4v) is 4.12. The van der Waals surface area contributed by atoms with Crippen molar-refractivity contribution in [3.8, 4) is 11.3 Å². The molecule has 4 rings (SSSR count). The summed E-state index contributed by atoms with van der Waals surface area (Å²) in [6.07, 6.45) is 2.85. The first kappa shape index (κ1) is 21.8. The smallest absolute Gasteiger partial charge is 0.311 e. The van der Waals surface area contributed by atoms with Gasteiger partial charge in [-0.1, -0.05) is 48.4 Å². The van der Waals surface area contributed by atoms with E-state index in [1.165, 1.54) is 0 Å². The van der Waals surface area contributed by atoms with Crippen molar-refractivity contribution in [2.45, 2.75) is 52.2 Å². The second-order valence-corrected chi connectivity index (χ2v) is 9.69. The van der Waals surface area contributed by atoms with E-state index in [2.05, 4.69) is 17.4 Å². The molecule has 2 aromatic carbocycles. The van der Waals surface area contributed by atoms with Crippen LogP contribution in [0.1, 0.15) is 51.7 Å². The molecule has 3 aromatic rings. The Balaban J connectivity index is 1.85. The third kappa shape index (κ3) is 4.91. The Morgan fingerprint density at radius 3 is 2.55 bits per heavy atom. The lowest BCUT2D eigenvalue weighted by Crippen LogP contribution is -2.41. The molecule has 1 aliphatic rings. The fraction of sp³-hybridized carbons (Fsp3) is 0.385. The van der Waals surface area contributed by atoms with Crippen LogP contribution in [-0.2, 0) is 9.53 Å². The number of halogens is 1. The first-order chi connectivity index (χ1) is 14.8. The van der Waals surface area contributed by atoms with Gasteiger partial charge >= 0.3 is 5.97 Å². The Morgan fingerprint density at radius 1 is 1.13 bits per heavy atom. The van der Waals surface area contributed by atoms with Gasteiger partial charge in [-0.2, -0.15) is 0 Å². The maximum absolute atomic E-state index is 12.9. The quantitative estimate of drug-likeness (QED) is 0.485. The van der Waals surface area contributed by atoms with Crippen LogP contribution < -0.4 is 5.32 Å². The maximum Gasteiger partial charge on any atom is 0.311 e. The highest BCUT2D eigenvalue weighted by Crippen LogP contribution is 2.36. The average Bonchev–Trinajstić information content (AvgIpc) is 2.77. The van der Waals surface area contributed by atoms with Crippen LogP contribution in [0, 0.1) is 5.41 Å². The molecular formula is C26H29ClN2O2. The number of hydrogen-bond donors (Lipinski definition) is 1. The van der Waals surface area contributed by atoms with Gasteiger partial charge in [-0.3, -0.25) is 4.79 Å². The van der Waals surface area contributed by atoms with Crippen LogP contribution in [0.3, 0.4) is 0 Å². The number of piperidine rings is 1. The molecule has 1 N–H and O–H groups in total. The molecule has 4 nitrogen and oxygen atoms in total. The van der Waals surface area contributed by atoms with Crippen LogP contribution >= 0.6 is 11.6 Å². The molecule has 5 heteroatoms. The van der Waals surface area contributed by atoms with E-state index in [1.807, 2.05) is 63.2 Å². The van der Waals surface area contributed by atoms with Crippen molar-refractivity contribution < 1.29 is 9.53 Å². The molecule has 0 saturated carbocycles. The molecular weight excluding hydrogens is 408 g/mol. The van der Waals surface area contributed by atoms with Gasteiger partial charge in [0.1, 0.15) is 6.10 Å². The largest absolute Gasteiger partial charge is 0.455 e. The molecule has 2 heterocycles. The molecule has 1 aliphatic heterocycles. The lowest BCUT2D eigenvalue weighted by Gasteiger charge is -2.33. The number of para-hydroxylation sites is 1. The summed E-state index contributed by atoms with van der Waals surface area (Å²) in [7, 11) is 0. The summed E-state index contributed by atoms with van der Waals surface area (Å²) in [4.78, 5) is 17.8. The third-order valence-electron chi connectivity index (χ3n) is 5.75. The molecule has 0 radical (unpaired) electrons. The van der Waals surface area contributed by atoms with Crippen LogP contribution in [0.25, 0.3) is 22.2 Å². The SMILES string of the molecule is CC(C)(C)C(=O)OC(c1cc(-c2ccc(Cl)cc2)nc2ccccc12)C1CCCCN1. The van der Waals surface area contributed by atoms with Gasteiger partial charge in [0.15, 0.2) is 0 Å². The van der Waals surface area contributed by atoms with Gasteiger partial charge in [-0.25, -0.2) is 4.98 Å². The Hall–Kier alpha value is -2.43. The topological polar surface area (TPSA) is 51.2 Å². The monoisotopic (exact) mass is 436 g/mol. The van der Waals surface area contributed by atoms with E-state index in [0.717, 1.165) is 53.5 Å². The van der Waals surface area contributed by atoms with Gasteiger partial charge in [0.25, 0.3) is 0 Å². The fourth-order valence-electron chi connectivity index (χ4n) is 4.00. The van der Waals surface area contributed by atoms with Gasteiger partial charge in [0.05, 0.1) is 16.6 Å². The molecule has 2 atom stereocenters. The normalized spacial score (nSPS) is 18.0. The van der Waals surface area contributed by atoms with Crippen molar-refractivity contribution >= 4 is 28.5 Å². The zero-order valence-electron chi connectivity index (χ0n) is 18.3. The summed E-state index contributed by atoms with van der Waals surface area (Å²) in [5.41, 5.74) is 3.13. The van der Waals surface area contributed by atoms with Crippen LogP contribution in [0.5, 0.6) is 0 Å². The number of carbonyl (C=O) groups is 1. The number of benzene rings is 2. The minimum Gasteiger partial charge on any atom is -0.455 e. The molecule has 2 unspecified atom stereocenters. The number of aromatic nitrogens is 1. The average molecular weight is 437 g/mol. The van der Waals surface area contributed by atoms with E-state index in [-0.39, 0.29) is 18.1 Å². The van der Waals surface area contributed by atoms with Crippen LogP contribution in [-0.4, -0.2) is 23.5 Å². The number of nitrogens with one attached hydrogen (secondary N) is 1. The number of fused-ring (bicyclic) bond motifs is 1. The predicted molar refractivity (Wildman–Crippen MR) is 126 cm³/mol. The van der Waals surface area contributed by atoms with Crippen molar-refractivity contribution in [2.75, 3.05) is 6.54 Å². The highest BCUT2D eigenvalue weighted by Gasteiger charge is 2.33. The van der Waals surface area contributed by atoms with Crippen LogP contribution in [0.4, 0.5) is 0 Å². The van der Waals surface area contributed by atoms with Crippen LogP contribution in [0.15, 0.2) is 54.6 Å². The van der Waals surface area contributed by atoms with Crippen LogP contribution in [0.2, 0.25) is 5.02 Å². The standard InChI is InChI=1S/C26H29ClN2O2/c1-26(2,3)25(30)31-24(22-10-6-7-15-28-22)20-16-23(17-11-13-18(27)14-12-17)29-21-9-5-4-8-19(20)21/h4-5,8-9,11-14,16,22,24,28H,6-7,10,15H2,1-3H3. The Morgan fingerprint density at radius 2 is 1.87 bits per heavy atom. The Kier molecular flexibility index (Phi) is 6.31. The maximum atomic E-state index is 12.9. The highest BCUT2D eigenvalue weighted by molar-refractivity contribution is 6.30. The molecule has 1 fully saturated rings. The number of esters is 1. The van der Waals surface area contributed by atoms with Crippen molar-refractivity contribution in [3.63, 3.8) is 0 Å². The summed E-state index contributed by atoms with van der Waals surface area (Å²) in [6, 6.07) is 17.9. The Labute approximate surface area is 189 Å². The lowest BCUT2D eigenvalue weighted by atomic mass is 9.90. The predicted octanol–water partition coefficient (Wildman–Crippen LogP) is 6.33. The summed E-state index contributed by atoms with van der Waals surface area (Å²) < 4.78 is 6.21. The minimum atomic E-state index is -0.575.